The molecule has 2 aliphatic heterocycles. The lowest BCUT2D eigenvalue weighted by Crippen LogP contribution is -2.25. The summed E-state index contributed by atoms with van der Waals surface area (Å²) in [5.74, 6) is -1.91. The molecule has 0 aliphatic carbocycles. The van der Waals surface area contributed by atoms with Crippen LogP contribution >= 0.6 is 23.5 Å². The number of nitrogens with zero attached hydrogens (tertiary/aromatic N) is 3. The van der Waals surface area contributed by atoms with E-state index >= 15 is 0 Å². The number of carboxylic acid groups (broad SMARTS) is 2. The van der Waals surface area contributed by atoms with Crippen molar-refractivity contribution in [1.29, 1.82) is 0 Å². The fourth-order valence-corrected chi connectivity index (χ4v) is 5.51. The molecule has 3 unspecified atom stereocenters. The number of hydrogen-bond donors (Lipinski definition) is 2. The number of aliphatic carboxylic acids is 2. The summed E-state index contributed by atoms with van der Waals surface area (Å²) in [5.41, 5.74) is 1.35. The first-order valence-corrected chi connectivity index (χ1v) is 11.2. The van der Waals surface area contributed by atoms with Gasteiger partial charge in [-0.2, -0.15) is 21.9 Å². The van der Waals surface area contributed by atoms with E-state index in [4.69, 9.17) is 19.8 Å². The Balaban J connectivity index is 0.000000401. The summed E-state index contributed by atoms with van der Waals surface area (Å²) in [6, 6.07) is 5.38. The minimum Gasteiger partial charge on any atom is -0.473 e. The normalized spacial score (nSPS) is 22.5. The molecule has 2 aliphatic rings. The van der Waals surface area contributed by atoms with Gasteiger partial charge in [0.2, 0.25) is 0 Å². The van der Waals surface area contributed by atoms with E-state index in [-0.39, 0.29) is 0 Å². The van der Waals surface area contributed by atoms with E-state index in [1.165, 1.54) is 31.1 Å². The standard InChI is InChI=1S/C17H18F3N3S2.C2H2O4/c18-17(19,20)13-5-3-11(4-6-13)10-24-16-15(21-25-22-16)14-9-23-7-1-2-12(14)8-23;3-1(4)2(5)6/h3-6,12,14H,1-2,7-10H2;(H,3,4)(H,5,6). The first-order valence-electron chi connectivity index (χ1n) is 9.45. The van der Waals surface area contributed by atoms with Gasteiger partial charge in [-0.15, -0.1) is 0 Å². The molecule has 3 atom stereocenters. The summed E-state index contributed by atoms with van der Waals surface area (Å²) in [4.78, 5) is 20.7. The first kappa shape index (κ1) is 23.5. The van der Waals surface area contributed by atoms with Crippen LogP contribution in [0.15, 0.2) is 29.3 Å². The topological polar surface area (TPSA) is 104 Å². The van der Waals surface area contributed by atoms with E-state index in [0.717, 1.165) is 41.5 Å². The van der Waals surface area contributed by atoms with Crippen LogP contribution in [-0.4, -0.2) is 55.4 Å². The third-order valence-electron chi connectivity index (χ3n) is 5.24. The van der Waals surface area contributed by atoms with Crippen LogP contribution in [0.5, 0.6) is 0 Å². The molecule has 2 fully saturated rings. The van der Waals surface area contributed by atoms with Crippen molar-refractivity contribution >= 4 is 35.4 Å². The van der Waals surface area contributed by atoms with E-state index < -0.39 is 23.7 Å². The molecule has 0 radical (unpaired) electrons. The second-order valence-corrected chi connectivity index (χ2v) is 8.81. The molecular weight excluding hydrogens is 455 g/mol. The van der Waals surface area contributed by atoms with Crippen molar-refractivity contribution in [1.82, 2.24) is 13.6 Å². The minimum atomic E-state index is -4.28. The summed E-state index contributed by atoms with van der Waals surface area (Å²) in [6.07, 6.45) is -1.78. The number of benzene rings is 1. The molecule has 0 saturated carbocycles. The summed E-state index contributed by atoms with van der Waals surface area (Å²) in [7, 11) is 0. The molecule has 2 N–H and O–H groups in total. The zero-order valence-electron chi connectivity index (χ0n) is 16.2. The predicted octanol–water partition coefficient (Wildman–Crippen LogP) is 3.81. The molecule has 0 spiro atoms. The SMILES string of the molecule is FC(F)(F)c1ccc(CSc2nsnc2C2CN3CCCC2C3)cc1.O=C(O)C(=O)O. The number of carboxylic acids is 2. The molecule has 4 rings (SSSR count). The van der Waals surface area contributed by atoms with Gasteiger partial charge in [-0.1, -0.05) is 23.9 Å². The maximum atomic E-state index is 12.6. The lowest BCUT2D eigenvalue weighted by atomic mass is 9.89. The van der Waals surface area contributed by atoms with E-state index in [1.807, 2.05) is 0 Å². The summed E-state index contributed by atoms with van der Waals surface area (Å²) >= 11 is 2.82. The van der Waals surface area contributed by atoms with Gasteiger partial charge in [0.25, 0.3) is 0 Å². The second kappa shape index (κ2) is 9.96. The molecule has 1 aromatic heterocycles. The highest BCUT2D eigenvalue weighted by atomic mass is 32.2. The number of rotatable bonds is 4. The summed E-state index contributed by atoms with van der Waals surface area (Å²) < 4.78 is 46.9. The highest BCUT2D eigenvalue weighted by molar-refractivity contribution is 7.98. The van der Waals surface area contributed by atoms with Crippen LogP contribution in [0.2, 0.25) is 0 Å². The van der Waals surface area contributed by atoms with E-state index in [9.17, 15) is 13.2 Å². The molecule has 2 bridgehead atoms. The molecule has 168 valence electrons. The van der Waals surface area contributed by atoms with Gasteiger partial charge >= 0.3 is 18.1 Å². The van der Waals surface area contributed by atoms with Gasteiger partial charge in [-0.25, -0.2) is 9.59 Å². The smallest absolute Gasteiger partial charge is 0.416 e. The zero-order chi connectivity index (χ0) is 22.6. The highest BCUT2D eigenvalue weighted by Crippen LogP contribution is 2.41. The number of fused-ring (bicyclic) bond motifs is 2. The average molecular weight is 476 g/mol. The zero-order valence-corrected chi connectivity index (χ0v) is 17.8. The molecule has 31 heavy (non-hydrogen) atoms. The molecule has 3 heterocycles. The van der Waals surface area contributed by atoms with Crippen molar-refractivity contribution in [2.45, 2.75) is 35.7 Å². The number of halogens is 3. The summed E-state index contributed by atoms with van der Waals surface area (Å²) in [5, 5.41) is 15.7. The van der Waals surface area contributed by atoms with Gasteiger partial charge in [-0.05, 0) is 43.0 Å². The quantitative estimate of drug-likeness (QED) is 0.508. The second-order valence-electron chi connectivity index (χ2n) is 7.32. The first-order chi connectivity index (χ1) is 14.6. The van der Waals surface area contributed by atoms with Crippen molar-refractivity contribution in [3.8, 4) is 0 Å². The maximum absolute atomic E-state index is 12.6. The molecule has 7 nitrogen and oxygen atoms in total. The Morgan fingerprint density at radius 2 is 1.81 bits per heavy atom. The number of hydrogen-bond acceptors (Lipinski definition) is 7. The number of alkyl halides is 3. The minimum absolute atomic E-state index is 0.455. The van der Waals surface area contributed by atoms with E-state index in [2.05, 4.69) is 13.6 Å². The van der Waals surface area contributed by atoms with Crippen LogP contribution in [0.25, 0.3) is 0 Å². The Kier molecular flexibility index (Phi) is 7.55. The van der Waals surface area contributed by atoms with Gasteiger partial charge in [0, 0.05) is 24.8 Å². The Morgan fingerprint density at radius 1 is 1.13 bits per heavy atom. The van der Waals surface area contributed by atoms with Crippen LogP contribution in [0.1, 0.15) is 35.6 Å². The Morgan fingerprint density at radius 3 is 2.39 bits per heavy atom. The van der Waals surface area contributed by atoms with Gasteiger partial charge < -0.3 is 15.1 Å². The molecule has 0 amide bonds. The van der Waals surface area contributed by atoms with Crippen molar-refractivity contribution in [3.63, 3.8) is 0 Å². The van der Waals surface area contributed by atoms with Crippen molar-refractivity contribution < 1.29 is 33.0 Å². The van der Waals surface area contributed by atoms with Gasteiger partial charge in [0.05, 0.1) is 23.0 Å². The molecule has 2 aromatic rings. The number of piperidine rings is 1. The molecule has 12 heteroatoms. The van der Waals surface area contributed by atoms with E-state index in [0.29, 0.717) is 17.6 Å². The fraction of sp³-hybridized carbons (Fsp3) is 0.474. The number of thioether (sulfide) groups is 1. The van der Waals surface area contributed by atoms with Gasteiger partial charge in [0.1, 0.15) is 5.03 Å². The van der Waals surface area contributed by atoms with Crippen molar-refractivity contribution in [2.75, 3.05) is 19.6 Å². The third-order valence-corrected chi connectivity index (χ3v) is 6.95. The predicted molar refractivity (Wildman–Crippen MR) is 108 cm³/mol. The molecular formula is C19H20F3N3O4S2. The van der Waals surface area contributed by atoms with Crippen LogP contribution in [0.4, 0.5) is 13.2 Å². The lowest BCUT2D eigenvalue weighted by molar-refractivity contribution is -0.159. The average Bonchev–Trinajstić information content (AvgIpc) is 3.29. The van der Waals surface area contributed by atoms with Crippen molar-refractivity contribution in [3.05, 3.63) is 41.1 Å². The largest absolute Gasteiger partial charge is 0.473 e. The molecule has 1 aromatic carbocycles. The Labute approximate surface area is 184 Å². The van der Waals surface area contributed by atoms with Crippen LogP contribution < -0.4 is 0 Å². The summed E-state index contributed by atoms with van der Waals surface area (Å²) in [6.45, 7) is 3.40. The highest BCUT2D eigenvalue weighted by Gasteiger charge is 2.39. The van der Waals surface area contributed by atoms with E-state index in [1.54, 1.807) is 23.9 Å². The third kappa shape index (κ3) is 6.17. The lowest BCUT2D eigenvalue weighted by Gasteiger charge is -2.21. The monoisotopic (exact) mass is 475 g/mol. The Bertz CT molecular complexity index is 909. The van der Waals surface area contributed by atoms with Crippen LogP contribution in [0, 0.1) is 5.92 Å². The van der Waals surface area contributed by atoms with Crippen LogP contribution in [-0.2, 0) is 21.5 Å². The number of aromatic nitrogens is 2. The van der Waals surface area contributed by atoms with Gasteiger partial charge in [-0.3, -0.25) is 0 Å². The molecule has 2 saturated heterocycles. The fourth-order valence-electron chi connectivity index (χ4n) is 3.78. The number of carbonyl (C=O) groups is 2. The van der Waals surface area contributed by atoms with Gasteiger partial charge in [0.15, 0.2) is 0 Å². The Hall–Kier alpha value is -2.18. The van der Waals surface area contributed by atoms with Crippen LogP contribution in [0.3, 0.4) is 0 Å². The van der Waals surface area contributed by atoms with Crippen molar-refractivity contribution in [2.24, 2.45) is 5.92 Å². The maximum Gasteiger partial charge on any atom is 0.416 e.